The van der Waals surface area contributed by atoms with E-state index in [-0.39, 0.29) is 11.9 Å². The number of hydrogen-bond acceptors (Lipinski definition) is 4. The summed E-state index contributed by atoms with van der Waals surface area (Å²) in [5, 5.41) is 4.20. The fourth-order valence-electron chi connectivity index (χ4n) is 3.82. The second kappa shape index (κ2) is 7.50. The molecule has 1 aromatic heterocycles. The van der Waals surface area contributed by atoms with Crippen LogP contribution in [-0.2, 0) is 4.74 Å². The molecule has 0 radical (unpaired) electrons. The lowest BCUT2D eigenvalue weighted by atomic mass is 10.0. The topological polar surface area (TPSA) is 54.5 Å². The zero-order chi connectivity index (χ0) is 17.1. The molecule has 2 aliphatic rings. The van der Waals surface area contributed by atoms with E-state index >= 15 is 0 Å². The molecule has 25 heavy (non-hydrogen) atoms. The Morgan fingerprint density at radius 2 is 2.12 bits per heavy atom. The maximum atomic E-state index is 12.6. The number of amides is 1. The molecule has 1 aromatic carbocycles. The number of carbonyl (C=O) groups is 1. The van der Waals surface area contributed by atoms with Crippen LogP contribution < -0.4 is 5.32 Å². The second-order valence-electron chi connectivity index (χ2n) is 7.09. The van der Waals surface area contributed by atoms with Crippen molar-refractivity contribution in [1.29, 1.82) is 0 Å². The summed E-state index contributed by atoms with van der Waals surface area (Å²) in [7, 11) is 0. The van der Waals surface area contributed by atoms with Gasteiger partial charge >= 0.3 is 0 Å². The van der Waals surface area contributed by atoms with Gasteiger partial charge in [0.2, 0.25) is 0 Å². The number of ether oxygens (including phenoxy) is 1. The monoisotopic (exact) mass is 339 g/mol. The molecule has 2 aromatic rings. The van der Waals surface area contributed by atoms with Gasteiger partial charge in [0.05, 0.1) is 11.6 Å². The van der Waals surface area contributed by atoms with Crippen LogP contribution in [0, 0.1) is 0 Å². The van der Waals surface area contributed by atoms with Crippen LogP contribution in [0.5, 0.6) is 0 Å². The van der Waals surface area contributed by atoms with Crippen LogP contribution in [0.2, 0.25) is 0 Å². The number of benzene rings is 1. The first-order valence-electron chi connectivity index (χ1n) is 9.27. The molecule has 0 spiro atoms. The van der Waals surface area contributed by atoms with E-state index in [1.54, 1.807) is 6.20 Å². The molecule has 5 heteroatoms. The highest BCUT2D eigenvalue weighted by Crippen LogP contribution is 2.18. The Morgan fingerprint density at radius 3 is 2.92 bits per heavy atom. The standard InChI is InChI=1S/C20H25N3O2/c24-20(16-5-6-19-15(13-16)3-1-9-21-19)22-17-7-10-23(11-8-17)14-18-4-2-12-25-18/h1,3,5-6,9,13,17-18H,2,4,7-8,10-12,14H2,(H,22,24)/t18-/m1/s1. The lowest BCUT2D eigenvalue weighted by molar-refractivity contribution is 0.0613. The third-order valence-corrected chi connectivity index (χ3v) is 5.27. The fourth-order valence-corrected chi connectivity index (χ4v) is 3.82. The molecular weight excluding hydrogens is 314 g/mol. The molecule has 1 atom stereocenters. The average molecular weight is 339 g/mol. The summed E-state index contributed by atoms with van der Waals surface area (Å²) in [6.07, 6.45) is 6.58. The van der Waals surface area contributed by atoms with Gasteiger partial charge in [0.25, 0.3) is 5.91 Å². The number of nitrogens with zero attached hydrogens (tertiary/aromatic N) is 2. The van der Waals surface area contributed by atoms with Gasteiger partial charge in [-0.1, -0.05) is 6.07 Å². The molecule has 0 aliphatic carbocycles. The van der Waals surface area contributed by atoms with Crippen LogP contribution in [0.4, 0.5) is 0 Å². The van der Waals surface area contributed by atoms with Crippen molar-refractivity contribution in [3.63, 3.8) is 0 Å². The third-order valence-electron chi connectivity index (χ3n) is 5.27. The molecular formula is C20H25N3O2. The predicted molar refractivity (Wildman–Crippen MR) is 97.6 cm³/mol. The Labute approximate surface area is 148 Å². The van der Waals surface area contributed by atoms with Gasteiger partial charge < -0.3 is 15.0 Å². The van der Waals surface area contributed by atoms with Crippen molar-refractivity contribution in [3.05, 3.63) is 42.1 Å². The van der Waals surface area contributed by atoms with Crippen molar-refractivity contribution in [1.82, 2.24) is 15.2 Å². The average Bonchev–Trinajstić information content (AvgIpc) is 3.16. The molecule has 132 valence electrons. The molecule has 2 fully saturated rings. The van der Waals surface area contributed by atoms with E-state index in [1.807, 2.05) is 30.3 Å². The minimum absolute atomic E-state index is 0.0170. The van der Waals surface area contributed by atoms with E-state index in [1.165, 1.54) is 12.8 Å². The van der Waals surface area contributed by atoms with Gasteiger partial charge in [-0.2, -0.15) is 0 Å². The molecule has 0 bridgehead atoms. The van der Waals surface area contributed by atoms with Crippen LogP contribution in [0.25, 0.3) is 10.9 Å². The van der Waals surface area contributed by atoms with Gasteiger partial charge in [0, 0.05) is 49.4 Å². The van der Waals surface area contributed by atoms with Crippen LogP contribution in [-0.4, -0.2) is 54.2 Å². The van der Waals surface area contributed by atoms with Crippen molar-refractivity contribution in [3.8, 4) is 0 Å². The summed E-state index contributed by atoms with van der Waals surface area (Å²) in [5.74, 6) is 0.0170. The highest BCUT2D eigenvalue weighted by Gasteiger charge is 2.24. The Morgan fingerprint density at radius 1 is 1.24 bits per heavy atom. The van der Waals surface area contributed by atoms with E-state index in [4.69, 9.17) is 4.74 Å². The first-order chi connectivity index (χ1) is 12.3. The Bertz CT molecular complexity index is 735. The molecule has 1 N–H and O–H groups in total. The summed E-state index contributed by atoms with van der Waals surface area (Å²) in [4.78, 5) is 19.3. The van der Waals surface area contributed by atoms with E-state index in [0.717, 1.165) is 50.0 Å². The third kappa shape index (κ3) is 3.99. The maximum Gasteiger partial charge on any atom is 0.251 e. The van der Waals surface area contributed by atoms with Gasteiger partial charge in [-0.05, 0) is 49.9 Å². The van der Waals surface area contributed by atoms with Crippen molar-refractivity contribution in [2.75, 3.05) is 26.2 Å². The lowest BCUT2D eigenvalue weighted by Crippen LogP contribution is -2.46. The number of carbonyl (C=O) groups excluding carboxylic acids is 1. The Balaban J connectivity index is 1.30. The van der Waals surface area contributed by atoms with Crippen LogP contribution >= 0.6 is 0 Å². The molecule has 3 heterocycles. The van der Waals surface area contributed by atoms with Crippen LogP contribution in [0.1, 0.15) is 36.0 Å². The molecule has 4 rings (SSSR count). The maximum absolute atomic E-state index is 12.6. The van der Waals surface area contributed by atoms with Crippen molar-refractivity contribution in [2.45, 2.75) is 37.8 Å². The minimum Gasteiger partial charge on any atom is -0.377 e. The summed E-state index contributed by atoms with van der Waals surface area (Å²) >= 11 is 0. The molecule has 2 saturated heterocycles. The quantitative estimate of drug-likeness (QED) is 0.930. The Kier molecular flexibility index (Phi) is 4.95. The number of likely N-dealkylation sites (tertiary alicyclic amines) is 1. The second-order valence-corrected chi connectivity index (χ2v) is 7.09. The van der Waals surface area contributed by atoms with Crippen LogP contribution in [0.15, 0.2) is 36.5 Å². The zero-order valence-corrected chi connectivity index (χ0v) is 14.5. The number of rotatable bonds is 4. The van der Waals surface area contributed by atoms with Crippen molar-refractivity contribution in [2.24, 2.45) is 0 Å². The largest absolute Gasteiger partial charge is 0.377 e. The predicted octanol–water partition coefficient (Wildman–Crippen LogP) is 2.61. The van der Waals surface area contributed by atoms with Crippen molar-refractivity contribution >= 4 is 16.8 Å². The number of piperidine rings is 1. The minimum atomic E-state index is 0.0170. The van der Waals surface area contributed by atoms with E-state index in [2.05, 4.69) is 15.2 Å². The number of pyridine rings is 1. The number of nitrogens with one attached hydrogen (secondary N) is 1. The summed E-state index contributed by atoms with van der Waals surface area (Å²) in [6, 6.07) is 9.84. The first kappa shape index (κ1) is 16.5. The highest BCUT2D eigenvalue weighted by molar-refractivity contribution is 5.98. The Hall–Kier alpha value is -1.98. The van der Waals surface area contributed by atoms with Gasteiger partial charge in [0.1, 0.15) is 0 Å². The van der Waals surface area contributed by atoms with Crippen molar-refractivity contribution < 1.29 is 9.53 Å². The highest BCUT2D eigenvalue weighted by atomic mass is 16.5. The van der Waals surface area contributed by atoms with Crippen LogP contribution in [0.3, 0.4) is 0 Å². The molecule has 2 aliphatic heterocycles. The fraction of sp³-hybridized carbons (Fsp3) is 0.500. The van der Waals surface area contributed by atoms with Gasteiger partial charge in [-0.3, -0.25) is 9.78 Å². The molecule has 0 unspecified atom stereocenters. The summed E-state index contributed by atoms with van der Waals surface area (Å²) in [5.41, 5.74) is 1.63. The summed E-state index contributed by atoms with van der Waals surface area (Å²) < 4.78 is 5.72. The summed E-state index contributed by atoms with van der Waals surface area (Å²) in [6.45, 7) is 4.02. The number of hydrogen-bond donors (Lipinski definition) is 1. The van der Waals surface area contributed by atoms with Gasteiger partial charge in [0.15, 0.2) is 0 Å². The molecule has 0 saturated carbocycles. The molecule has 1 amide bonds. The van der Waals surface area contributed by atoms with Gasteiger partial charge in [-0.25, -0.2) is 0 Å². The normalized spacial score (nSPS) is 22.3. The lowest BCUT2D eigenvalue weighted by Gasteiger charge is -2.33. The number of fused-ring (bicyclic) bond motifs is 1. The number of aromatic nitrogens is 1. The van der Waals surface area contributed by atoms with Gasteiger partial charge in [-0.15, -0.1) is 0 Å². The SMILES string of the molecule is O=C(NC1CCN(C[C@H]2CCCO2)CC1)c1ccc2ncccc2c1. The zero-order valence-electron chi connectivity index (χ0n) is 14.5. The van der Waals surface area contributed by atoms with E-state index < -0.39 is 0 Å². The smallest absolute Gasteiger partial charge is 0.251 e. The van der Waals surface area contributed by atoms with E-state index in [0.29, 0.717) is 11.7 Å². The molecule has 5 nitrogen and oxygen atoms in total. The van der Waals surface area contributed by atoms with E-state index in [9.17, 15) is 4.79 Å². The first-order valence-corrected chi connectivity index (χ1v) is 9.27.